The third-order valence-electron chi connectivity index (χ3n) is 1.06. The maximum absolute atomic E-state index is 9.77. The van der Waals surface area contributed by atoms with E-state index in [2.05, 4.69) is 18.2 Å². The number of aldehydes is 1. The van der Waals surface area contributed by atoms with Gasteiger partial charge in [0.05, 0.1) is 6.21 Å². The van der Waals surface area contributed by atoms with Crippen molar-refractivity contribution < 1.29 is 4.79 Å². The molecule has 0 heterocycles. The minimum absolute atomic E-state index is 0.688. The third kappa shape index (κ3) is 3.90. The fourth-order valence-corrected chi connectivity index (χ4v) is 0.609. The molecule has 0 spiro atoms. The van der Waals surface area contributed by atoms with Gasteiger partial charge in [-0.05, 0) is 0 Å². The first-order chi connectivity index (χ1) is 4.18. The van der Waals surface area contributed by atoms with Crippen molar-refractivity contribution in [1.29, 1.82) is 0 Å². The molecule has 52 valence electrons. The van der Waals surface area contributed by atoms with E-state index >= 15 is 0 Å². The van der Waals surface area contributed by atoms with Crippen LogP contribution in [0.5, 0.6) is 0 Å². The van der Waals surface area contributed by atoms with E-state index in [0.717, 1.165) is 0 Å². The molecule has 4 heteroatoms. The predicted molar refractivity (Wildman–Crippen MR) is 41.2 cm³/mol. The molecule has 3 nitrogen and oxygen atoms in total. The lowest BCUT2D eigenvalue weighted by Crippen LogP contribution is -2.24. The molecule has 0 aliphatic rings. The van der Waals surface area contributed by atoms with Gasteiger partial charge in [0, 0.05) is 7.05 Å². The summed E-state index contributed by atoms with van der Waals surface area (Å²) >= 11 is 0. The van der Waals surface area contributed by atoms with Gasteiger partial charge in [0.25, 0.3) is 0 Å². The Bertz CT molecular complexity index is 114. The van der Waals surface area contributed by atoms with E-state index in [1.165, 1.54) is 6.21 Å². The monoisotopic (exact) mass is 144 g/mol. The van der Waals surface area contributed by atoms with Crippen LogP contribution in [-0.2, 0) is 4.79 Å². The van der Waals surface area contributed by atoms with Crippen LogP contribution in [0.25, 0.3) is 0 Å². The smallest absolute Gasteiger partial charge is 0.162 e. The molecule has 0 atom stereocenters. The van der Waals surface area contributed by atoms with Gasteiger partial charge >= 0.3 is 0 Å². The quantitative estimate of drug-likeness (QED) is 0.243. The van der Waals surface area contributed by atoms with Crippen LogP contribution in [0, 0.1) is 0 Å². The molecule has 9 heavy (non-hydrogen) atoms. The maximum atomic E-state index is 9.77. The standard InChI is InChI=1S/C5H12N2OSi/c1-7(9(2)3)6-4-5-8/h4-5,9H,1-3H3. The van der Waals surface area contributed by atoms with Gasteiger partial charge < -0.3 is 4.67 Å². The van der Waals surface area contributed by atoms with E-state index in [4.69, 9.17) is 0 Å². The van der Waals surface area contributed by atoms with Gasteiger partial charge in [0.2, 0.25) is 0 Å². The molecule has 0 bridgehead atoms. The molecule has 0 aromatic heterocycles. The summed E-state index contributed by atoms with van der Waals surface area (Å²) in [6, 6.07) is 0. The zero-order valence-electron chi connectivity index (χ0n) is 6.03. The van der Waals surface area contributed by atoms with Crippen LogP contribution in [0.2, 0.25) is 13.1 Å². The molecular formula is C5H12N2OSi. The zero-order valence-corrected chi connectivity index (χ0v) is 7.19. The molecule has 0 aliphatic heterocycles. The predicted octanol–water partition coefficient (Wildman–Crippen LogP) is 0.0863. The van der Waals surface area contributed by atoms with Crippen molar-refractivity contribution in [2.75, 3.05) is 7.05 Å². The van der Waals surface area contributed by atoms with Crippen LogP contribution in [0.4, 0.5) is 0 Å². The van der Waals surface area contributed by atoms with Gasteiger partial charge in [-0.1, -0.05) is 13.1 Å². The van der Waals surface area contributed by atoms with Gasteiger partial charge in [-0.25, -0.2) is 0 Å². The van der Waals surface area contributed by atoms with Gasteiger partial charge in [-0.2, -0.15) is 5.10 Å². The molecule has 0 aliphatic carbocycles. The Labute approximate surface area is 57.0 Å². The lowest BCUT2D eigenvalue weighted by atomic mass is 10.9. The molecule has 0 unspecified atom stereocenters. The molecule has 0 aromatic carbocycles. The Morgan fingerprint density at radius 2 is 2.11 bits per heavy atom. The third-order valence-corrected chi connectivity index (χ3v) is 2.69. The summed E-state index contributed by atoms with van der Waals surface area (Å²) in [5.74, 6) is 0. The van der Waals surface area contributed by atoms with E-state index in [9.17, 15) is 4.79 Å². The van der Waals surface area contributed by atoms with Crippen LogP contribution < -0.4 is 0 Å². The molecule has 0 amide bonds. The summed E-state index contributed by atoms with van der Waals surface area (Å²) in [6.45, 7) is 4.28. The molecule has 0 saturated heterocycles. The summed E-state index contributed by atoms with van der Waals surface area (Å²) in [5.41, 5.74) is 0. The number of hydrazone groups is 1. The van der Waals surface area contributed by atoms with Crippen LogP contribution in [0.3, 0.4) is 0 Å². The van der Waals surface area contributed by atoms with Gasteiger partial charge in [-0.3, -0.25) is 4.79 Å². The molecule has 0 radical (unpaired) electrons. The average molecular weight is 144 g/mol. The first-order valence-electron chi connectivity index (χ1n) is 2.89. The average Bonchev–Trinajstić information content (AvgIpc) is 1.82. The molecule has 0 saturated carbocycles. The first-order valence-corrected chi connectivity index (χ1v) is 5.71. The Balaban J connectivity index is 3.61. The largest absolute Gasteiger partial charge is 0.331 e. The van der Waals surface area contributed by atoms with Crippen LogP contribution in [0.1, 0.15) is 0 Å². The van der Waals surface area contributed by atoms with E-state index in [0.29, 0.717) is 6.29 Å². The van der Waals surface area contributed by atoms with Crippen molar-refractivity contribution >= 4 is 21.5 Å². The topological polar surface area (TPSA) is 32.7 Å². The van der Waals surface area contributed by atoms with Crippen molar-refractivity contribution in [3.63, 3.8) is 0 Å². The fourth-order valence-electron chi connectivity index (χ4n) is 0.266. The summed E-state index contributed by atoms with van der Waals surface area (Å²) < 4.78 is 1.86. The number of hydrogen-bond donors (Lipinski definition) is 0. The summed E-state index contributed by atoms with van der Waals surface area (Å²) in [7, 11) is 1.07. The Morgan fingerprint density at radius 3 is 2.44 bits per heavy atom. The molecule has 0 rings (SSSR count). The minimum atomic E-state index is -0.820. The fraction of sp³-hybridized carbons (Fsp3) is 0.600. The van der Waals surface area contributed by atoms with E-state index in [1.54, 1.807) is 0 Å². The molecular weight excluding hydrogens is 132 g/mol. The van der Waals surface area contributed by atoms with Crippen molar-refractivity contribution in [2.45, 2.75) is 13.1 Å². The highest BCUT2D eigenvalue weighted by Crippen LogP contribution is 1.87. The van der Waals surface area contributed by atoms with Gasteiger partial charge in [0.1, 0.15) is 0 Å². The normalized spacial score (nSPS) is 10.7. The van der Waals surface area contributed by atoms with E-state index < -0.39 is 8.96 Å². The number of nitrogens with zero attached hydrogens (tertiary/aromatic N) is 2. The lowest BCUT2D eigenvalue weighted by Gasteiger charge is -2.14. The van der Waals surface area contributed by atoms with Gasteiger partial charge in [-0.15, -0.1) is 0 Å². The van der Waals surface area contributed by atoms with Crippen molar-refractivity contribution in [3.05, 3.63) is 0 Å². The number of rotatable bonds is 3. The number of hydrogen-bond acceptors (Lipinski definition) is 3. The van der Waals surface area contributed by atoms with Crippen LogP contribution in [-0.4, -0.2) is 33.2 Å². The maximum Gasteiger partial charge on any atom is 0.162 e. The molecule has 0 N–H and O–H groups in total. The van der Waals surface area contributed by atoms with Crippen LogP contribution >= 0.6 is 0 Å². The second-order valence-electron chi connectivity index (χ2n) is 2.07. The van der Waals surface area contributed by atoms with E-state index in [-0.39, 0.29) is 0 Å². The zero-order chi connectivity index (χ0) is 7.28. The highest BCUT2D eigenvalue weighted by Gasteiger charge is 1.97. The summed E-state index contributed by atoms with van der Waals surface area (Å²) in [6.07, 6.45) is 1.96. The molecule has 0 fully saturated rings. The second-order valence-corrected chi connectivity index (χ2v) is 5.00. The summed E-state index contributed by atoms with van der Waals surface area (Å²) in [4.78, 5) is 9.77. The van der Waals surface area contributed by atoms with Crippen LogP contribution in [0.15, 0.2) is 5.10 Å². The first kappa shape index (κ1) is 8.36. The lowest BCUT2D eigenvalue weighted by molar-refractivity contribution is -0.102. The Kier molecular flexibility index (Phi) is 3.95. The summed E-state index contributed by atoms with van der Waals surface area (Å²) in [5, 5.41) is 3.84. The minimum Gasteiger partial charge on any atom is -0.331 e. The Hall–Kier alpha value is -0.643. The Morgan fingerprint density at radius 1 is 1.56 bits per heavy atom. The number of carbonyl (C=O) groups excluding carboxylic acids is 1. The van der Waals surface area contributed by atoms with E-state index in [1.807, 2.05) is 11.7 Å². The highest BCUT2D eigenvalue weighted by atomic mass is 28.3. The second kappa shape index (κ2) is 4.26. The van der Waals surface area contributed by atoms with Gasteiger partial charge in [0.15, 0.2) is 15.2 Å². The number of carbonyl (C=O) groups is 1. The highest BCUT2D eigenvalue weighted by molar-refractivity contribution is 6.52. The van der Waals surface area contributed by atoms with Crippen molar-refractivity contribution in [1.82, 2.24) is 4.67 Å². The molecule has 0 aromatic rings. The van der Waals surface area contributed by atoms with Crippen molar-refractivity contribution in [2.24, 2.45) is 5.10 Å². The SMILES string of the molecule is CN(N=CC=O)[SiH](C)C. The van der Waals surface area contributed by atoms with Crippen molar-refractivity contribution in [3.8, 4) is 0 Å².